The number of rotatable bonds is 1. The first-order chi connectivity index (χ1) is 6.03. The summed E-state index contributed by atoms with van der Waals surface area (Å²) in [6.07, 6.45) is 0. The Labute approximate surface area is 83.4 Å². The van der Waals surface area contributed by atoms with E-state index in [-0.39, 0.29) is 17.8 Å². The van der Waals surface area contributed by atoms with Crippen molar-refractivity contribution in [1.82, 2.24) is 0 Å². The van der Waals surface area contributed by atoms with Gasteiger partial charge in [-0.2, -0.15) is 11.8 Å². The standard InChI is InChI=1S/C9H17NO2S/c1-6-4-13-5-7(2)9(6,10)8(11)12-3/h6-7H,4-5,10H2,1-3H3. The van der Waals surface area contributed by atoms with Gasteiger partial charge in [-0.1, -0.05) is 13.8 Å². The van der Waals surface area contributed by atoms with Crippen molar-refractivity contribution in [1.29, 1.82) is 0 Å². The molecule has 1 saturated heterocycles. The molecule has 1 aliphatic heterocycles. The van der Waals surface area contributed by atoms with E-state index in [0.29, 0.717) is 0 Å². The largest absolute Gasteiger partial charge is 0.468 e. The summed E-state index contributed by atoms with van der Waals surface area (Å²) in [7, 11) is 1.40. The first-order valence-electron chi connectivity index (χ1n) is 4.48. The Hall–Kier alpha value is -0.220. The first-order valence-corrected chi connectivity index (χ1v) is 5.64. The summed E-state index contributed by atoms with van der Waals surface area (Å²) in [6.45, 7) is 4.03. The minimum Gasteiger partial charge on any atom is -0.468 e. The second-order valence-electron chi connectivity index (χ2n) is 3.76. The number of carbonyl (C=O) groups excluding carboxylic acids is 1. The summed E-state index contributed by atoms with van der Waals surface area (Å²) >= 11 is 1.85. The van der Waals surface area contributed by atoms with Crippen molar-refractivity contribution in [3.8, 4) is 0 Å². The van der Waals surface area contributed by atoms with Crippen LogP contribution < -0.4 is 5.73 Å². The Morgan fingerprint density at radius 1 is 1.46 bits per heavy atom. The van der Waals surface area contributed by atoms with Crippen molar-refractivity contribution in [2.24, 2.45) is 17.6 Å². The van der Waals surface area contributed by atoms with Crippen molar-refractivity contribution in [2.45, 2.75) is 19.4 Å². The fraction of sp³-hybridized carbons (Fsp3) is 0.889. The van der Waals surface area contributed by atoms with Crippen LogP contribution in [0, 0.1) is 11.8 Å². The third-order valence-corrected chi connectivity index (χ3v) is 4.38. The van der Waals surface area contributed by atoms with Gasteiger partial charge in [0, 0.05) is 0 Å². The number of hydrogen-bond acceptors (Lipinski definition) is 4. The predicted molar refractivity (Wildman–Crippen MR) is 54.6 cm³/mol. The Bertz CT molecular complexity index is 198. The quantitative estimate of drug-likeness (QED) is 0.643. The van der Waals surface area contributed by atoms with Crippen LogP contribution in [0.5, 0.6) is 0 Å². The number of ether oxygens (including phenoxy) is 1. The summed E-state index contributed by atoms with van der Waals surface area (Å²) in [4.78, 5) is 11.6. The van der Waals surface area contributed by atoms with Gasteiger partial charge in [-0.15, -0.1) is 0 Å². The minimum atomic E-state index is -0.778. The molecule has 13 heavy (non-hydrogen) atoms. The highest BCUT2D eigenvalue weighted by atomic mass is 32.2. The van der Waals surface area contributed by atoms with Gasteiger partial charge in [0.2, 0.25) is 0 Å². The lowest BCUT2D eigenvalue weighted by molar-refractivity contribution is -0.151. The van der Waals surface area contributed by atoms with E-state index in [0.717, 1.165) is 11.5 Å². The minimum absolute atomic E-state index is 0.189. The van der Waals surface area contributed by atoms with Crippen LogP contribution in [0.25, 0.3) is 0 Å². The molecule has 0 aliphatic carbocycles. The van der Waals surface area contributed by atoms with Crippen LogP contribution in [0.1, 0.15) is 13.8 Å². The number of carbonyl (C=O) groups is 1. The topological polar surface area (TPSA) is 52.3 Å². The number of methoxy groups -OCH3 is 1. The molecule has 0 aromatic heterocycles. The molecule has 1 aliphatic rings. The number of nitrogens with two attached hydrogens (primary N) is 1. The molecular weight excluding hydrogens is 186 g/mol. The maximum Gasteiger partial charge on any atom is 0.326 e. The molecule has 0 bridgehead atoms. The van der Waals surface area contributed by atoms with Crippen LogP contribution in [-0.4, -0.2) is 30.1 Å². The molecule has 0 amide bonds. The second kappa shape index (κ2) is 3.88. The molecule has 0 aromatic rings. The molecule has 76 valence electrons. The molecule has 0 aromatic carbocycles. The molecule has 2 unspecified atom stereocenters. The highest BCUT2D eigenvalue weighted by Gasteiger charge is 2.47. The normalized spacial score (nSPS) is 40.0. The number of thioether (sulfide) groups is 1. The molecule has 1 rings (SSSR count). The lowest BCUT2D eigenvalue weighted by Crippen LogP contribution is -2.61. The smallest absolute Gasteiger partial charge is 0.326 e. The van der Waals surface area contributed by atoms with Gasteiger partial charge in [-0.3, -0.25) is 4.79 Å². The van der Waals surface area contributed by atoms with Crippen LogP contribution in [0.2, 0.25) is 0 Å². The van der Waals surface area contributed by atoms with Gasteiger partial charge in [-0.05, 0) is 23.3 Å². The van der Waals surface area contributed by atoms with Gasteiger partial charge >= 0.3 is 5.97 Å². The zero-order valence-corrected chi connectivity index (χ0v) is 9.19. The second-order valence-corrected chi connectivity index (χ2v) is 4.84. The fourth-order valence-electron chi connectivity index (χ4n) is 1.76. The molecule has 0 radical (unpaired) electrons. The maximum absolute atomic E-state index is 11.6. The molecule has 2 atom stereocenters. The monoisotopic (exact) mass is 203 g/mol. The summed E-state index contributed by atoms with van der Waals surface area (Å²) in [5.74, 6) is 1.99. The number of esters is 1. The maximum atomic E-state index is 11.6. The average Bonchev–Trinajstić information content (AvgIpc) is 2.12. The van der Waals surface area contributed by atoms with E-state index in [4.69, 9.17) is 10.5 Å². The SMILES string of the molecule is COC(=O)C1(N)C(C)CSCC1C. The van der Waals surface area contributed by atoms with Gasteiger partial charge < -0.3 is 10.5 Å². The Morgan fingerprint density at radius 3 is 2.31 bits per heavy atom. The predicted octanol–water partition coefficient (Wildman–Crippen LogP) is 0.876. The van der Waals surface area contributed by atoms with Crippen LogP contribution in [0.4, 0.5) is 0 Å². The van der Waals surface area contributed by atoms with Gasteiger partial charge in [0.15, 0.2) is 0 Å². The van der Waals surface area contributed by atoms with E-state index in [1.54, 1.807) is 0 Å². The van der Waals surface area contributed by atoms with Gasteiger partial charge in [0.1, 0.15) is 5.54 Å². The van der Waals surface area contributed by atoms with Crippen molar-refractivity contribution in [3.63, 3.8) is 0 Å². The summed E-state index contributed by atoms with van der Waals surface area (Å²) in [5.41, 5.74) is 5.33. The average molecular weight is 203 g/mol. The third kappa shape index (κ3) is 1.70. The summed E-state index contributed by atoms with van der Waals surface area (Å²) in [5, 5.41) is 0. The van der Waals surface area contributed by atoms with E-state index in [1.165, 1.54) is 7.11 Å². The van der Waals surface area contributed by atoms with Crippen LogP contribution in [0.3, 0.4) is 0 Å². The molecule has 2 N–H and O–H groups in total. The molecule has 1 fully saturated rings. The zero-order chi connectivity index (χ0) is 10.1. The van der Waals surface area contributed by atoms with E-state index >= 15 is 0 Å². The van der Waals surface area contributed by atoms with E-state index in [9.17, 15) is 4.79 Å². The van der Waals surface area contributed by atoms with E-state index in [1.807, 2.05) is 25.6 Å². The van der Waals surface area contributed by atoms with Crippen LogP contribution in [0.15, 0.2) is 0 Å². The molecule has 0 saturated carbocycles. The Morgan fingerprint density at radius 2 is 1.92 bits per heavy atom. The Kier molecular flexibility index (Phi) is 3.24. The summed E-state index contributed by atoms with van der Waals surface area (Å²) < 4.78 is 4.76. The van der Waals surface area contributed by atoms with Gasteiger partial charge in [0.25, 0.3) is 0 Å². The molecular formula is C9H17NO2S. The molecule has 1 heterocycles. The van der Waals surface area contributed by atoms with Crippen molar-refractivity contribution >= 4 is 17.7 Å². The van der Waals surface area contributed by atoms with Gasteiger partial charge in [0.05, 0.1) is 7.11 Å². The first kappa shape index (κ1) is 10.9. The van der Waals surface area contributed by atoms with Crippen molar-refractivity contribution in [2.75, 3.05) is 18.6 Å². The fourth-order valence-corrected chi connectivity index (χ4v) is 3.16. The molecule has 0 spiro atoms. The summed E-state index contributed by atoms with van der Waals surface area (Å²) in [6, 6.07) is 0. The highest BCUT2D eigenvalue weighted by Crippen LogP contribution is 2.35. The van der Waals surface area contributed by atoms with Crippen LogP contribution >= 0.6 is 11.8 Å². The molecule has 3 nitrogen and oxygen atoms in total. The highest BCUT2D eigenvalue weighted by molar-refractivity contribution is 7.99. The lowest BCUT2D eigenvalue weighted by Gasteiger charge is -2.41. The third-order valence-electron chi connectivity index (χ3n) is 2.91. The van der Waals surface area contributed by atoms with Crippen molar-refractivity contribution < 1.29 is 9.53 Å². The zero-order valence-electron chi connectivity index (χ0n) is 8.37. The van der Waals surface area contributed by atoms with Crippen LogP contribution in [-0.2, 0) is 9.53 Å². The lowest BCUT2D eigenvalue weighted by atomic mass is 9.77. The molecule has 4 heteroatoms. The van der Waals surface area contributed by atoms with Crippen molar-refractivity contribution in [3.05, 3.63) is 0 Å². The van der Waals surface area contributed by atoms with Gasteiger partial charge in [-0.25, -0.2) is 0 Å². The van der Waals surface area contributed by atoms with E-state index in [2.05, 4.69) is 0 Å². The van der Waals surface area contributed by atoms with E-state index < -0.39 is 5.54 Å². The Balaban J connectivity index is 2.87. The number of hydrogen-bond donors (Lipinski definition) is 1.